The quantitative estimate of drug-likeness (QED) is 0.190. The van der Waals surface area contributed by atoms with Crippen molar-refractivity contribution in [3.63, 3.8) is 0 Å². The van der Waals surface area contributed by atoms with Gasteiger partial charge < -0.3 is 4.57 Å². The number of fused-ring (bicyclic) bond motifs is 1. The second-order valence-electron chi connectivity index (χ2n) is 8.88. The average molecular weight is 492 g/mol. The molecule has 0 spiro atoms. The van der Waals surface area contributed by atoms with Gasteiger partial charge in [0, 0.05) is 37.8 Å². The van der Waals surface area contributed by atoms with Crippen LogP contribution in [-0.2, 0) is 24.7 Å². The maximum Gasteiger partial charge on any atom is 0.221 e. The van der Waals surface area contributed by atoms with Gasteiger partial charge in [-0.15, -0.1) is 11.3 Å². The summed E-state index contributed by atoms with van der Waals surface area (Å²) in [5.74, 6) is 0.411. The summed E-state index contributed by atoms with van der Waals surface area (Å²) in [5, 5.41) is 0.990. The van der Waals surface area contributed by atoms with Crippen molar-refractivity contribution in [1.82, 2.24) is 14.5 Å². The van der Waals surface area contributed by atoms with Crippen LogP contribution >= 0.6 is 11.3 Å². The second kappa shape index (κ2) is 10.2. The Bertz CT molecular complexity index is 1580. The van der Waals surface area contributed by atoms with E-state index in [1.807, 2.05) is 48.5 Å². The number of ketones is 2. The Morgan fingerprint density at radius 2 is 1.64 bits per heavy atom. The highest BCUT2D eigenvalue weighted by Crippen LogP contribution is 2.30. The third-order valence-electron chi connectivity index (χ3n) is 5.99. The highest BCUT2D eigenvalue weighted by Gasteiger charge is 2.10. The number of imidazole rings is 1. The van der Waals surface area contributed by atoms with Crippen molar-refractivity contribution in [3.8, 4) is 10.6 Å². The third kappa shape index (κ3) is 5.39. The number of hydrogen-bond donors (Lipinski definition) is 0. The molecular weight excluding hydrogens is 466 g/mol. The van der Waals surface area contributed by atoms with Crippen molar-refractivity contribution in [1.29, 1.82) is 0 Å². The zero-order valence-electron chi connectivity index (χ0n) is 20.1. The van der Waals surface area contributed by atoms with Gasteiger partial charge >= 0.3 is 0 Å². The molecule has 0 saturated heterocycles. The zero-order chi connectivity index (χ0) is 25.1. The molecule has 36 heavy (non-hydrogen) atoms. The number of allylic oxidation sites excluding steroid dienone is 1. The summed E-state index contributed by atoms with van der Waals surface area (Å²) in [7, 11) is 1.79. The van der Waals surface area contributed by atoms with E-state index in [4.69, 9.17) is 4.98 Å². The van der Waals surface area contributed by atoms with Crippen LogP contribution in [0, 0.1) is 6.92 Å². The molecule has 0 bridgehead atoms. The fourth-order valence-electron chi connectivity index (χ4n) is 4.04. The Labute approximate surface area is 213 Å². The first-order valence-corrected chi connectivity index (χ1v) is 12.5. The molecule has 0 N–H and O–H groups in total. The molecule has 0 unspecified atom stereocenters. The summed E-state index contributed by atoms with van der Waals surface area (Å²) in [5.41, 5.74) is 6.14. The number of hydrogen-bond acceptors (Lipinski definition) is 5. The fourth-order valence-corrected chi connectivity index (χ4v) is 4.99. The maximum absolute atomic E-state index is 12.7. The Kier molecular flexibility index (Phi) is 6.69. The topological polar surface area (TPSA) is 64.8 Å². The number of thiazole rings is 1. The van der Waals surface area contributed by atoms with Crippen LogP contribution in [0.4, 0.5) is 0 Å². The Morgan fingerprint density at radius 3 is 2.31 bits per heavy atom. The largest absolute Gasteiger partial charge is 0.331 e. The summed E-state index contributed by atoms with van der Waals surface area (Å²) in [6.07, 6.45) is 7.38. The van der Waals surface area contributed by atoms with Gasteiger partial charge in [0.05, 0.1) is 10.2 Å². The maximum atomic E-state index is 12.7. The summed E-state index contributed by atoms with van der Waals surface area (Å²) in [6, 6.07) is 22.1. The number of rotatable bonds is 8. The van der Waals surface area contributed by atoms with Crippen molar-refractivity contribution in [2.75, 3.05) is 0 Å². The molecule has 0 amide bonds. The molecule has 3 aromatic carbocycles. The van der Waals surface area contributed by atoms with E-state index in [1.54, 1.807) is 41.4 Å². The molecule has 0 radical (unpaired) electrons. The first-order valence-electron chi connectivity index (χ1n) is 11.7. The minimum Gasteiger partial charge on any atom is -0.331 e. The van der Waals surface area contributed by atoms with E-state index in [2.05, 4.69) is 30.1 Å². The van der Waals surface area contributed by atoms with Crippen LogP contribution in [0.15, 0.2) is 85.2 Å². The molecule has 5 aromatic rings. The van der Waals surface area contributed by atoms with Gasteiger partial charge in [0.25, 0.3) is 0 Å². The van der Waals surface area contributed by atoms with Crippen LogP contribution in [0.25, 0.3) is 26.9 Å². The molecular formula is C30H25N3O2S. The lowest BCUT2D eigenvalue weighted by Crippen LogP contribution is -2.06. The summed E-state index contributed by atoms with van der Waals surface area (Å²) >= 11 is 1.68. The standard InChI is InChI=1S/C30H25N3O2S/c1-20-3-14-28-26(17-20)32-30(36-28)24-11-8-23(9-12-24)19-25(34)18-22-6-4-21(5-7-22)10-13-27(35)29-31-15-16-33(29)2/h3-17H,18-19H2,1-2H3/b13-10+. The average Bonchev–Trinajstić information content (AvgIpc) is 3.49. The van der Waals surface area contributed by atoms with Crippen molar-refractivity contribution in [2.24, 2.45) is 7.05 Å². The van der Waals surface area contributed by atoms with Crippen LogP contribution in [0.5, 0.6) is 0 Å². The van der Waals surface area contributed by atoms with Crippen LogP contribution in [0.2, 0.25) is 0 Å². The Hall–Kier alpha value is -4.16. The predicted octanol–water partition coefficient (Wildman–Crippen LogP) is 6.26. The van der Waals surface area contributed by atoms with E-state index in [0.717, 1.165) is 32.8 Å². The molecule has 0 atom stereocenters. The van der Waals surface area contributed by atoms with E-state index < -0.39 is 0 Å². The lowest BCUT2D eigenvalue weighted by Gasteiger charge is -2.04. The Morgan fingerprint density at radius 1 is 0.944 bits per heavy atom. The molecule has 0 aliphatic carbocycles. The lowest BCUT2D eigenvalue weighted by atomic mass is 10.0. The fraction of sp³-hybridized carbons (Fsp3) is 0.133. The van der Waals surface area contributed by atoms with Gasteiger partial charge in [-0.05, 0) is 47.4 Å². The smallest absolute Gasteiger partial charge is 0.221 e. The number of aryl methyl sites for hydroxylation is 2. The predicted molar refractivity (Wildman–Crippen MR) is 145 cm³/mol. The lowest BCUT2D eigenvalue weighted by molar-refractivity contribution is -0.117. The van der Waals surface area contributed by atoms with Gasteiger partial charge in [-0.1, -0.05) is 60.7 Å². The number of carbonyl (C=O) groups is 2. The molecule has 0 aliphatic rings. The van der Waals surface area contributed by atoms with Crippen molar-refractivity contribution >= 4 is 39.2 Å². The van der Waals surface area contributed by atoms with E-state index in [0.29, 0.717) is 18.7 Å². The van der Waals surface area contributed by atoms with Gasteiger partial charge in [0.2, 0.25) is 5.78 Å². The number of Topliss-reactive ketones (excluding diaryl/α,β-unsaturated/α-hetero) is 1. The SMILES string of the molecule is Cc1ccc2sc(-c3ccc(CC(=O)Cc4ccc(/C=C/C(=O)c5nccn5C)cc4)cc3)nc2c1. The molecule has 2 aromatic heterocycles. The van der Waals surface area contributed by atoms with Gasteiger partial charge in [-0.3, -0.25) is 9.59 Å². The van der Waals surface area contributed by atoms with E-state index >= 15 is 0 Å². The van der Waals surface area contributed by atoms with Crippen LogP contribution in [0.1, 0.15) is 32.9 Å². The van der Waals surface area contributed by atoms with E-state index in [9.17, 15) is 9.59 Å². The molecule has 0 saturated carbocycles. The minimum atomic E-state index is -0.147. The molecule has 178 valence electrons. The molecule has 2 heterocycles. The highest BCUT2D eigenvalue weighted by atomic mass is 32.1. The van der Waals surface area contributed by atoms with Gasteiger partial charge in [-0.25, -0.2) is 9.97 Å². The third-order valence-corrected chi connectivity index (χ3v) is 7.08. The molecule has 5 rings (SSSR count). The zero-order valence-corrected chi connectivity index (χ0v) is 21.0. The Balaban J connectivity index is 1.18. The molecule has 6 heteroatoms. The van der Waals surface area contributed by atoms with Crippen LogP contribution in [0.3, 0.4) is 0 Å². The highest BCUT2D eigenvalue weighted by molar-refractivity contribution is 7.21. The normalized spacial score (nSPS) is 11.4. The first-order chi connectivity index (χ1) is 17.4. The van der Waals surface area contributed by atoms with Crippen molar-refractivity contribution in [3.05, 3.63) is 113 Å². The van der Waals surface area contributed by atoms with Crippen molar-refractivity contribution in [2.45, 2.75) is 19.8 Å². The van der Waals surface area contributed by atoms with Crippen molar-refractivity contribution < 1.29 is 9.59 Å². The van der Waals surface area contributed by atoms with Gasteiger partial charge in [0.1, 0.15) is 10.8 Å². The van der Waals surface area contributed by atoms with Gasteiger partial charge in [0.15, 0.2) is 5.82 Å². The van der Waals surface area contributed by atoms with Crippen LogP contribution in [-0.4, -0.2) is 26.1 Å². The summed E-state index contributed by atoms with van der Waals surface area (Å²) < 4.78 is 2.87. The molecule has 0 aliphatic heterocycles. The van der Waals surface area contributed by atoms with Crippen LogP contribution < -0.4 is 0 Å². The van der Waals surface area contributed by atoms with E-state index in [-0.39, 0.29) is 11.6 Å². The monoisotopic (exact) mass is 491 g/mol. The van der Waals surface area contributed by atoms with Gasteiger partial charge in [-0.2, -0.15) is 0 Å². The second-order valence-corrected chi connectivity index (χ2v) is 9.91. The summed E-state index contributed by atoms with van der Waals surface area (Å²) in [4.78, 5) is 33.7. The number of nitrogens with zero attached hydrogens (tertiary/aromatic N) is 3. The molecule has 0 fully saturated rings. The molecule has 5 nitrogen and oxygen atoms in total. The number of carbonyl (C=O) groups excluding carboxylic acids is 2. The summed E-state index contributed by atoms with van der Waals surface area (Å²) in [6.45, 7) is 2.07. The first kappa shape index (κ1) is 23.6. The minimum absolute atomic E-state index is 0.147. The van der Waals surface area contributed by atoms with E-state index in [1.165, 1.54) is 16.3 Å². The number of benzene rings is 3. The number of aromatic nitrogens is 3.